The van der Waals surface area contributed by atoms with Crippen molar-refractivity contribution in [3.05, 3.63) is 12.2 Å². The molecule has 0 amide bonds. The predicted octanol–water partition coefficient (Wildman–Crippen LogP) is 1.49. The highest BCUT2D eigenvalue weighted by Gasteiger charge is 2.33. The van der Waals surface area contributed by atoms with Crippen LogP contribution in [0.3, 0.4) is 0 Å². The number of nitrogens with one attached hydrogen (secondary N) is 1. The smallest absolute Gasteiger partial charge is 0.330 e. The molecule has 0 bridgehead atoms. The molecule has 3 heteroatoms. The molecule has 2 unspecified atom stereocenters. The third kappa shape index (κ3) is 3.92. The maximum Gasteiger partial charge on any atom is 0.330 e. The van der Waals surface area contributed by atoms with Crippen LogP contribution in [-0.2, 0) is 9.53 Å². The van der Waals surface area contributed by atoms with E-state index in [9.17, 15) is 4.79 Å². The van der Waals surface area contributed by atoms with Crippen LogP contribution in [0, 0.1) is 5.92 Å². The van der Waals surface area contributed by atoms with Gasteiger partial charge in [0.1, 0.15) is 0 Å². The fraction of sp³-hybridized carbons (Fsp3) is 0.727. The zero-order valence-corrected chi connectivity index (χ0v) is 8.95. The van der Waals surface area contributed by atoms with E-state index in [4.69, 9.17) is 4.74 Å². The van der Waals surface area contributed by atoms with Crippen molar-refractivity contribution in [3.63, 3.8) is 0 Å². The molecule has 1 fully saturated rings. The highest BCUT2D eigenvalue weighted by molar-refractivity contribution is 5.81. The average molecular weight is 197 g/mol. The van der Waals surface area contributed by atoms with Gasteiger partial charge in [-0.2, -0.15) is 0 Å². The maximum absolute atomic E-state index is 10.9. The van der Waals surface area contributed by atoms with Crippen LogP contribution >= 0.6 is 0 Å². The first-order valence-electron chi connectivity index (χ1n) is 5.34. The molecule has 0 spiro atoms. The lowest BCUT2D eigenvalue weighted by Crippen LogP contribution is -2.18. The van der Waals surface area contributed by atoms with E-state index in [-0.39, 0.29) is 5.97 Å². The highest BCUT2D eigenvalue weighted by Crippen LogP contribution is 2.32. The fourth-order valence-electron chi connectivity index (χ4n) is 1.51. The summed E-state index contributed by atoms with van der Waals surface area (Å²) in [4.78, 5) is 10.9. The van der Waals surface area contributed by atoms with Gasteiger partial charge in [0.25, 0.3) is 0 Å². The monoisotopic (exact) mass is 197 g/mol. The molecule has 3 nitrogen and oxygen atoms in total. The summed E-state index contributed by atoms with van der Waals surface area (Å²) in [6, 6.07) is 0.673. The van der Waals surface area contributed by atoms with Crippen molar-refractivity contribution in [1.29, 1.82) is 0 Å². The zero-order valence-electron chi connectivity index (χ0n) is 8.95. The lowest BCUT2D eigenvalue weighted by Gasteiger charge is -1.98. The lowest BCUT2D eigenvalue weighted by atomic mass is 10.3. The number of carbonyl (C=O) groups is 1. The second-order valence-electron chi connectivity index (χ2n) is 3.57. The van der Waals surface area contributed by atoms with Gasteiger partial charge in [-0.15, -0.1) is 0 Å². The summed E-state index contributed by atoms with van der Waals surface area (Å²) in [7, 11) is 0. The summed E-state index contributed by atoms with van der Waals surface area (Å²) in [5, 5.41) is 3.36. The van der Waals surface area contributed by atoms with E-state index in [2.05, 4.69) is 12.2 Å². The van der Waals surface area contributed by atoms with Gasteiger partial charge in [0.15, 0.2) is 0 Å². The van der Waals surface area contributed by atoms with Crippen LogP contribution in [0.15, 0.2) is 12.2 Å². The Morgan fingerprint density at radius 3 is 2.93 bits per heavy atom. The molecule has 0 aromatic rings. The number of esters is 1. The van der Waals surface area contributed by atoms with Gasteiger partial charge < -0.3 is 10.1 Å². The topological polar surface area (TPSA) is 38.3 Å². The minimum absolute atomic E-state index is 0.253. The van der Waals surface area contributed by atoms with Gasteiger partial charge in [0.05, 0.1) is 6.61 Å². The fourth-order valence-corrected chi connectivity index (χ4v) is 1.51. The Morgan fingerprint density at radius 2 is 2.36 bits per heavy atom. The normalized spacial score (nSPS) is 25.3. The van der Waals surface area contributed by atoms with Crippen LogP contribution in [0.4, 0.5) is 0 Å². The van der Waals surface area contributed by atoms with Crippen molar-refractivity contribution >= 4 is 5.97 Å². The molecule has 0 aromatic carbocycles. The molecule has 80 valence electrons. The summed E-state index contributed by atoms with van der Waals surface area (Å²) in [6.07, 6.45) is 5.84. The number of rotatable bonds is 6. The molecule has 0 heterocycles. The van der Waals surface area contributed by atoms with Crippen molar-refractivity contribution in [1.82, 2.24) is 5.32 Å². The molecule has 0 saturated heterocycles. The molecule has 1 N–H and O–H groups in total. The van der Waals surface area contributed by atoms with Crippen molar-refractivity contribution < 1.29 is 9.53 Å². The Balaban J connectivity index is 2.01. The van der Waals surface area contributed by atoms with Crippen molar-refractivity contribution in [2.45, 2.75) is 32.7 Å². The van der Waals surface area contributed by atoms with Gasteiger partial charge in [-0.3, -0.25) is 0 Å². The first-order chi connectivity index (χ1) is 6.77. The highest BCUT2D eigenvalue weighted by atomic mass is 16.5. The van der Waals surface area contributed by atoms with Crippen molar-refractivity contribution in [3.8, 4) is 0 Å². The molecule has 1 rings (SSSR count). The van der Waals surface area contributed by atoms with Crippen LogP contribution in [-0.4, -0.2) is 25.2 Å². The number of ether oxygens (including phenoxy) is 1. The Labute approximate surface area is 85.5 Å². The van der Waals surface area contributed by atoms with Gasteiger partial charge in [0, 0.05) is 18.7 Å². The van der Waals surface area contributed by atoms with Gasteiger partial charge in [-0.25, -0.2) is 4.79 Å². The van der Waals surface area contributed by atoms with Crippen molar-refractivity contribution in [2.24, 2.45) is 5.92 Å². The largest absolute Gasteiger partial charge is 0.463 e. The van der Waals surface area contributed by atoms with Gasteiger partial charge >= 0.3 is 5.97 Å². The second-order valence-corrected chi connectivity index (χ2v) is 3.57. The summed E-state index contributed by atoms with van der Waals surface area (Å²) in [5.74, 6) is 0.600. The van der Waals surface area contributed by atoms with Crippen LogP contribution < -0.4 is 5.32 Å². The van der Waals surface area contributed by atoms with Gasteiger partial charge in [0.2, 0.25) is 0 Å². The minimum Gasteiger partial charge on any atom is -0.463 e. The molecule has 0 aliphatic heterocycles. The first-order valence-corrected chi connectivity index (χ1v) is 5.34. The number of hydrogen-bond donors (Lipinski definition) is 1. The summed E-state index contributed by atoms with van der Waals surface area (Å²) >= 11 is 0. The van der Waals surface area contributed by atoms with Crippen molar-refractivity contribution in [2.75, 3.05) is 13.2 Å². The van der Waals surface area contributed by atoms with Crippen LogP contribution in [0.25, 0.3) is 0 Å². The molecule has 1 aliphatic rings. The van der Waals surface area contributed by atoms with Gasteiger partial charge in [-0.1, -0.05) is 19.4 Å². The van der Waals surface area contributed by atoms with Crippen LogP contribution in [0.2, 0.25) is 0 Å². The van der Waals surface area contributed by atoms with E-state index >= 15 is 0 Å². The first kappa shape index (κ1) is 11.2. The standard InChI is InChI=1S/C11H19NO2/c1-3-9-8-10(9)12-7-5-6-11(13)14-4-2/h5-6,9-10,12H,3-4,7-8H2,1-2H3/b6-5+. The molecule has 14 heavy (non-hydrogen) atoms. The molecular weight excluding hydrogens is 178 g/mol. The van der Waals surface area contributed by atoms with E-state index < -0.39 is 0 Å². The second kappa shape index (κ2) is 5.81. The minimum atomic E-state index is -0.253. The van der Waals surface area contributed by atoms with E-state index in [1.165, 1.54) is 18.9 Å². The zero-order chi connectivity index (χ0) is 10.4. The van der Waals surface area contributed by atoms with E-state index in [1.54, 1.807) is 6.92 Å². The van der Waals surface area contributed by atoms with Gasteiger partial charge in [-0.05, 0) is 19.3 Å². The molecule has 1 aliphatic carbocycles. The Morgan fingerprint density at radius 1 is 1.57 bits per heavy atom. The maximum atomic E-state index is 10.9. The number of carbonyl (C=O) groups excluding carboxylic acids is 1. The summed E-state index contributed by atoms with van der Waals surface area (Å²) in [5.41, 5.74) is 0. The molecular formula is C11H19NO2. The van der Waals surface area contributed by atoms with E-state index in [1.807, 2.05) is 6.08 Å². The SMILES string of the molecule is CCOC(=O)/C=C/CNC1CC1CC. The van der Waals surface area contributed by atoms with E-state index in [0.717, 1.165) is 12.5 Å². The predicted molar refractivity (Wildman–Crippen MR) is 56.0 cm³/mol. The summed E-state index contributed by atoms with van der Waals surface area (Å²) < 4.78 is 4.75. The number of hydrogen-bond acceptors (Lipinski definition) is 3. The molecule has 2 atom stereocenters. The molecule has 0 radical (unpaired) electrons. The Kier molecular flexibility index (Phi) is 4.66. The third-order valence-corrected chi connectivity index (χ3v) is 2.49. The lowest BCUT2D eigenvalue weighted by molar-refractivity contribution is -0.137. The third-order valence-electron chi connectivity index (χ3n) is 2.49. The quantitative estimate of drug-likeness (QED) is 0.518. The Hall–Kier alpha value is -0.830. The van der Waals surface area contributed by atoms with Crippen LogP contribution in [0.5, 0.6) is 0 Å². The van der Waals surface area contributed by atoms with Crippen LogP contribution in [0.1, 0.15) is 26.7 Å². The molecule has 1 saturated carbocycles. The van der Waals surface area contributed by atoms with E-state index in [0.29, 0.717) is 12.6 Å². The summed E-state index contributed by atoms with van der Waals surface area (Å²) in [6.45, 7) is 5.22. The molecule has 0 aromatic heterocycles. The Bertz CT molecular complexity index is 213. The average Bonchev–Trinajstić information content (AvgIpc) is 2.92.